The monoisotopic (exact) mass is 314 g/mol. The van der Waals surface area contributed by atoms with Crippen molar-refractivity contribution in [3.8, 4) is 0 Å². The lowest BCUT2D eigenvalue weighted by Crippen LogP contribution is -2.36. The molecule has 23 heavy (non-hydrogen) atoms. The van der Waals surface area contributed by atoms with Gasteiger partial charge in [-0.2, -0.15) is 4.98 Å². The summed E-state index contributed by atoms with van der Waals surface area (Å²) in [7, 11) is 3.96. The molecule has 0 aromatic carbocycles. The van der Waals surface area contributed by atoms with E-state index in [0.717, 1.165) is 43.6 Å². The average molecular weight is 314 g/mol. The van der Waals surface area contributed by atoms with E-state index in [2.05, 4.69) is 25.2 Å². The maximum absolute atomic E-state index is 5.37. The van der Waals surface area contributed by atoms with Gasteiger partial charge in [0.05, 0.1) is 25.5 Å². The lowest BCUT2D eigenvalue weighted by Gasteiger charge is -2.27. The second-order valence-corrected chi connectivity index (χ2v) is 5.57. The van der Waals surface area contributed by atoms with Gasteiger partial charge in [0.1, 0.15) is 11.6 Å². The van der Waals surface area contributed by atoms with Gasteiger partial charge in [-0.15, -0.1) is 0 Å². The fourth-order valence-electron chi connectivity index (χ4n) is 2.39. The fraction of sp³-hybridized carbons (Fsp3) is 0.438. The van der Waals surface area contributed by atoms with Gasteiger partial charge in [-0.1, -0.05) is 6.07 Å². The molecule has 1 saturated heterocycles. The van der Waals surface area contributed by atoms with Crippen LogP contribution in [0.5, 0.6) is 0 Å². The number of morpholine rings is 1. The maximum Gasteiger partial charge on any atom is 0.224 e. The molecule has 3 rings (SSSR count). The Hall–Kier alpha value is -2.41. The molecule has 1 aliphatic rings. The Morgan fingerprint density at radius 1 is 1.17 bits per heavy atom. The molecule has 7 heteroatoms. The summed E-state index contributed by atoms with van der Waals surface area (Å²) in [5.41, 5.74) is 0.955. The van der Waals surface area contributed by atoms with Crippen LogP contribution in [0.4, 0.5) is 17.6 Å². The second kappa shape index (κ2) is 7.23. The lowest BCUT2D eigenvalue weighted by atomic mass is 10.3. The molecule has 1 fully saturated rings. The maximum atomic E-state index is 5.37. The molecule has 0 radical (unpaired) electrons. The van der Waals surface area contributed by atoms with Crippen LogP contribution in [0.3, 0.4) is 0 Å². The van der Waals surface area contributed by atoms with E-state index in [0.29, 0.717) is 12.5 Å². The van der Waals surface area contributed by atoms with Crippen molar-refractivity contribution in [3.63, 3.8) is 0 Å². The third kappa shape index (κ3) is 4.07. The zero-order valence-corrected chi connectivity index (χ0v) is 13.6. The summed E-state index contributed by atoms with van der Waals surface area (Å²) in [6.45, 7) is 3.81. The number of hydrogen-bond donors (Lipinski definition) is 1. The Balaban J connectivity index is 1.65. The SMILES string of the molecule is CN(C)c1cccc(CNc2nccc(N3CCOCC3)n2)n1. The highest BCUT2D eigenvalue weighted by Gasteiger charge is 2.13. The molecule has 3 heterocycles. The highest BCUT2D eigenvalue weighted by atomic mass is 16.5. The van der Waals surface area contributed by atoms with Gasteiger partial charge in [-0.3, -0.25) is 0 Å². The highest BCUT2D eigenvalue weighted by Crippen LogP contribution is 2.14. The number of hydrogen-bond acceptors (Lipinski definition) is 7. The van der Waals surface area contributed by atoms with E-state index in [-0.39, 0.29) is 0 Å². The van der Waals surface area contributed by atoms with Crippen molar-refractivity contribution in [2.75, 3.05) is 55.5 Å². The Morgan fingerprint density at radius 3 is 2.78 bits per heavy atom. The minimum Gasteiger partial charge on any atom is -0.378 e. The molecule has 0 aliphatic carbocycles. The summed E-state index contributed by atoms with van der Waals surface area (Å²) in [4.78, 5) is 17.6. The predicted molar refractivity (Wildman–Crippen MR) is 91.0 cm³/mol. The Kier molecular flexibility index (Phi) is 4.87. The molecule has 7 nitrogen and oxygen atoms in total. The highest BCUT2D eigenvalue weighted by molar-refractivity contribution is 5.43. The van der Waals surface area contributed by atoms with Crippen molar-refractivity contribution in [2.24, 2.45) is 0 Å². The van der Waals surface area contributed by atoms with Gasteiger partial charge in [0.2, 0.25) is 5.95 Å². The van der Waals surface area contributed by atoms with Gasteiger partial charge in [0, 0.05) is 33.4 Å². The number of anilines is 3. The molecular formula is C16H22N6O. The second-order valence-electron chi connectivity index (χ2n) is 5.57. The topological polar surface area (TPSA) is 66.4 Å². The molecule has 0 spiro atoms. The molecule has 0 unspecified atom stereocenters. The predicted octanol–water partition coefficient (Wildman–Crippen LogP) is 1.39. The molecule has 1 N–H and O–H groups in total. The summed E-state index contributed by atoms with van der Waals surface area (Å²) in [5, 5.41) is 3.25. The Morgan fingerprint density at radius 2 is 2.00 bits per heavy atom. The molecular weight excluding hydrogens is 292 g/mol. The zero-order chi connectivity index (χ0) is 16.1. The van der Waals surface area contributed by atoms with Crippen molar-refractivity contribution in [1.82, 2.24) is 15.0 Å². The van der Waals surface area contributed by atoms with E-state index < -0.39 is 0 Å². The number of nitrogens with zero attached hydrogens (tertiary/aromatic N) is 5. The average Bonchev–Trinajstić information content (AvgIpc) is 2.61. The number of nitrogens with one attached hydrogen (secondary N) is 1. The summed E-state index contributed by atoms with van der Waals surface area (Å²) in [6.07, 6.45) is 1.78. The van der Waals surface area contributed by atoms with Crippen LogP contribution in [0.25, 0.3) is 0 Å². The van der Waals surface area contributed by atoms with Crippen LogP contribution in [-0.2, 0) is 11.3 Å². The molecule has 0 amide bonds. The molecule has 2 aromatic heterocycles. The minimum atomic E-state index is 0.592. The summed E-state index contributed by atoms with van der Waals surface area (Å²) in [5.74, 6) is 2.49. The smallest absolute Gasteiger partial charge is 0.224 e. The van der Waals surface area contributed by atoms with Crippen LogP contribution in [-0.4, -0.2) is 55.4 Å². The molecule has 2 aromatic rings. The first-order valence-corrected chi connectivity index (χ1v) is 7.75. The first kappa shape index (κ1) is 15.5. The van der Waals surface area contributed by atoms with E-state index in [1.54, 1.807) is 6.20 Å². The van der Waals surface area contributed by atoms with E-state index >= 15 is 0 Å². The third-order valence-electron chi connectivity index (χ3n) is 3.65. The zero-order valence-electron chi connectivity index (χ0n) is 13.6. The van der Waals surface area contributed by atoms with Gasteiger partial charge in [-0.05, 0) is 18.2 Å². The van der Waals surface area contributed by atoms with Crippen LogP contribution in [0.1, 0.15) is 5.69 Å². The van der Waals surface area contributed by atoms with Crippen molar-refractivity contribution in [2.45, 2.75) is 6.54 Å². The first-order valence-electron chi connectivity index (χ1n) is 7.75. The van der Waals surface area contributed by atoms with Crippen molar-refractivity contribution >= 4 is 17.6 Å². The largest absolute Gasteiger partial charge is 0.378 e. The molecule has 0 saturated carbocycles. The molecule has 0 bridgehead atoms. The van der Waals surface area contributed by atoms with Crippen molar-refractivity contribution in [3.05, 3.63) is 36.2 Å². The minimum absolute atomic E-state index is 0.592. The fourth-order valence-corrected chi connectivity index (χ4v) is 2.39. The van der Waals surface area contributed by atoms with Gasteiger partial charge >= 0.3 is 0 Å². The molecule has 1 aliphatic heterocycles. The normalized spacial score (nSPS) is 14.6. The van der Waals surface area contributed by atoms with E-state index in [1.807, 2.05) is 43.3 Å². The number of rotatable bonds is 5. The number of aromatic nitrogens is 3. The summed E-state index contributed by atoms with van der Waals surface area (Å²) >= 11 is 0. The van der Waals surface area contributed by atoms with Crippen LogP contribution in [0.15, 0.2) is 30.5 Å². The van der Waals surface area contributed by atoms with Gasteiger partial charge < -0.3 is 19.9 Å². The van der Waals surface area contributed by atoms with Crippen LogP contribution >= 0.6 is 0 Å². The van der Waals surface area contributed by atoms with E-state index in [1.165, 1.54) is 0 Å². The van der Waals surface area contributed by atoms with E-state index in [4.69, 9.17) is 4.74 Å². The van der Waals surface area contributed by atoms with Gasteiger partial charge in [0.25, 0.3) is 0 Å². The van der Waals surface area contributed by atoms with Crippen LogP contribution in [0, 0.1) is 0 Å². The summed E-state index contributed by atoms with van der Waals surface area (Å²) in [6, 6.07) is 7.91. The number of pyridine rings is 1. The standard InChI is InChI=1S/C16H22N6O/c1-21(2)14-5-3-4-13(19-14)12-18-16-17-7-6-15(20-16)22-8-10-23-11-9-22/h3-7H,8-12H2,1-2H3,(H,17,18,20). The van der Waals surface area contributed by atoms with Crippen LogP contribution < -0.4 is 15.1 Å². The molecule has 122 valence electrons. The van der Waals surface area contributed by atoms with Crippen molar-refractivity contribution in [1.29, 1.82) is 0 Å². The first-order chi connectivity index (χ1) is 11.2. The van der Waals surface area contributed by atoms with Gasteiger partial charge in [-0.25, -0.2) is 9.97 Å². The Bertz CT molecular complexity index is 642. The van der Waals surface area contributed by atoms with E-state index in [9.17, 15) is 0 Å². The van der Waals surface area contributed by atoms with Gasteiger partial charge in [0.15, 0.2) is 0 Å². The summed E-state index contributed by atoms with van der Waals surface area (Å²) < 4.78 is 5.37. The van der Waals surface area contributed by atoms with Crippen LogP contribution in [0.2, 0.25) is 0 Å². The third-order valence-corrected chi connectivity index (χ3v) is 3.65. The lowest BCUT2D eigenvalue weighted by molar-refractivity contribution is 0.122. The quantitative estimate of drug-likeness (QED) is 0.894. The Labute approximate surface area is 136 Å². The van der Waals surface area contributed by atoms with Crippen molar-refractivity contribution < 1.29 is 4.74 Å². The molecule has 0 atom stereocenters. The number of ether oxygens (including phenoxy) is 1.